The van der Waals surface area contributed by atoms with Crippen LogP contribution in [0, 0.1) is 23.5 Å². The summed E-state index contributed by atoms with van der Waals surface area (Å²) in [7, 11) is -3.58. The van der Waals surface area contributed by atoms with E-state index in [1.807, 2.05) is 0 Å². The molecular weight excluding hydrogens is 650 g/mol. The molecule has 46 heavy (non-hydrogen) atoms. The Hall–Kier alpha value is -4.35. The van der Waals surface area contributed by atoms with Gasteiger partial charge in [-0.2, -0.15) is 5.10 Å². The Balaban J connectivity index is 1.74. The molecule has 1 amide bonds. The number of anilines is 1. The fourth-order valence-corrected chi connectivity index (χ4v) is 7.27. The predicted molar refractivity (Wildman–Crippen MR) is 165 cm³/mol. The second kappa shape index (κ2) is 12.4. The quantitative estimate of drug-likeness (QED) is 0.143. The van der Waals surface area contributed by atoms with E-state index in [1.165, 1.54) is 38.1 Å². The predicted octanol–water partition coefficient (Wildman–Crippen LogP) is 6.14. The zero-order chi connectivity index (χ0) is 33.6. The zero-order valence-corrected chi connectivity index (χ0v) is 26.1. The van der Waals surface area contributed by atoms with Crippen LogP contribution in [0.1, 0.15) is 49.7 Å². The van der Waals surface area contributed by atoms with Crippen molar-refractivity contribution in [3.05, 3.63) is 76.1 Å². The maximum Gasteiger partial charge on any atom is 0.405 e. The van der Waals surface area contributed by atoms with Crippen LogP contribution in [0.2, 0.25) is 5.02 Å². The van der Waals surface area contributed by atoms with Gasteiger partial charge in [-0.3, -0.25) is 4.68 Å². The first-order valence-electron chi connectivity index (χ1n) is 14.0. The van der Waals surface area contributed by atoms with Crippen molar-refractivity contribution in [2.75, 3.05) is 5.73 Å². The van der Waals surface area contributed by atoms with E-state index in [0.29, 0.717) is 18.9 Å². The zero-order valence-electron chi connectivity index (χ0n) is 24.5. The number of hydrogen-bond acceptors (Lipinski definition) is 6. The van der Waals surface area contributed by atoms with Crippen LogP contribution in [-0.2, 0) is 22.8 Å². The molecule has 4 N–H and O–H groups in total. The standard InChI is InChI=1S/C31H28ClF4N5O4S/c1-31(2,46(44,45)20-4-5-20)10-9-19-3-6-21(22-7-8-23(32)26-28(22)41(15-25(35)36)40-29(26)37)27(38-19)24(39-30(42)43)13-16-11-17(33)14-18(34)12-16/h3,6-8,11-12,14,20,24-25,39H,4-5,13,15H2,1-2H3,(H2,37,40)(H,42,43). The lowest BCUT2D eigenvalue weighted by Gasteiger charge is -2.21. The van der Waals surface area contributed by atoms with Crippen molar-refractivity contribution in [1.29, 1.82) is 0 Å². The van der Waals surface area contributed by atoms with E-state index in [0.717, 1.165) is 16.8 Å². The fourth-order valence-electron chi connectivity index (χ4n) is 5.24. The van der Waals surface area contributed by atoms with Crippen molar-refractivity contribution >= 4 is 44.3 Å². The van der Waals surface area contributed by atoms with Gasteiger partial charge in [0.05, 0.1) is 32.9 Å². The molecule has 15 heteroatoms. The Kier molecular flexibility index (Phi) is 8.94. The summed E-state index contributed by atoms with van der Waals surface area (Å²) in [6.07, 6.45) is -3.49. The van der Waals surface area contributed by atoms with Gasteiger partial charge in [-0.1, -0.05) is 23.6 Å². The monoisotopic (exact) mass is 677 g/mol. The Bertz CT molecular complexity index is 2000. The number of nitrogens with zero attached hydrogens (tertiary/aromatic N) is 3. The van der Waals surface area contributed by atoms with Crippen LogP contribution < -0.4 is 11.1 Å². The first-order chi connectivity index (χ1) is 21.6. The van der Waals surface area contributed by atoms with Gasteiger partial charge < -0.3 is 16.2 Å². The van der Waals surface area contributed by atoms with Gasteiger partial charge in [0.2, 0.25) is 0 Å². The summed E-state index contributed by atoms with van der Waals surface area (Å²) >= 11 is 6.39. The Morgan fingerprint density at radius 2 is 1.80 bits per heavy atom. The summed E-state index contributed by atoms with van der Waals surface area (Å²) in [6.45, 7) is 2.13. The summed E-state index contributed by atoms with van der Waals surface area (Å²) in [4.78, 5) is 16.6. The van der Waals surface area contributed by atoms with E-state index >= 15 is 0 Å². The van der Waals surface area contributed by atoms with Crippen molar-refractivity contribution in [3.8, 4) is 23.0 Å². The van der Waals surface area contributed by atoms with Crippen molar-refractivity contribution in [1.82, 2.24) is 20.1 Å². The summed E-state index contributed by atoms with van der Waals surface area (Å²) in [6, 6.07) is 7.42. The van der Waals surface area contributed by atoms with Gasteiger partial charge in [0, 0.05) is 17.2 Å². The highest BCUT2D eigenvalue weighted by atomic mass is 35.5. The van der Waals surface area contributed by atoms with Crippen LogP contribution in [0.25, 0.3) is 22.0 Å². The van der Waals surface area contributed by atoms with Gasteiger partial charge in [0.1, 0.15) is 28.6 Å². The molecule has 1 saturated carbocycles. The first kappa shape index (κ1) is 33.0. The topological polar surface area (TPSA) is 140 Å². The van der Waals surface area contributed by atoms with Gasteiger partial charge in [-0.15, -0.1) is 0 Å². The summed E-state index contributed by atoms with van der Waals surface area (Å²) in [5.74, 6) is 3.66. The number of hydrogen-bond donors (Lipinski definition) is 3. The second-order valence-electron chi connectivity index (χ2n) is 11.4. The number of nitrogens with one attached hydrogen (secondary N) is 1. The molecule has 0 aliphatic heterocycles. The molecule has 2 aromatic heterocycles. The number of benzene rings is 2. The van der Waals surface area contributed by atoms with Crippen LogP contribution in [0.4, 0.5) is 28.2 Å². The van der Waals surface area contributed by atoms with Gasteiger partial charge >= 0.3 is 6.09 Å². The third kappa shape index (κ3) is 6.75. The van der Waals surface area contributed by atoms with Crippen LogP contribution in [0.5, 0.6) is 0 Å². The third-order valence-corrected chi connectivity index (χ3v) is 10.7. The Morgan fingerprint density at radius 3 is 2.41 bits per heavy atom. The molecule has 4 aromatic rings. The van der Waals surface area contributed by atoms with E-state index in [-0.39, 0.29) is 56.2 Å². The van der Waals surface area contributed by atoms with Crippen LogP contribution >= 0.6 is 11.6 Å². The number of pyridine rings is 1. The number of carboxylic acid groups (broad SMARTS) is 1. The lowest BCUT2D eigenvalue weighted by atomic mass is 9.94. The highest BCUT2D eigenvalue weighted by Crippen LogP contribution is 2.40. The number of alkyl halides is 2. The number of carbonyl (C=O) groups is 1. The molecular formula is C31H28ClF4N5O4S. The third-order valence-electron chi connectivity index (χ3n) is 7.55. The highest BCUT2D eigenvalue weighted by Gasteiger charge is 2.45. The molecule has 5 rings (SSSR count). The SMILES string of the molecule is CC(C)(C#Cc1ccc(-c2ccc(Cl)c3c(N)nn(CC(F)F)c23)c(C(Cc2cc(F)cc(F)c2)NC(=O)O)n1)S(=O)(=O)C1CC1. The number of aromatic nitrogens is 3. The number of amides is 1. The second-order valence-corrected chi connectivity index (χ2v) is 14.6. The average molecular weight is 678 g/mol. The molecule has 9 nitrogen and oxygen atoms in total. The van der Waals surface area contributed by atoms with Crippen LogP contribution in [0.15, 0.2) is 42.5 Å². The lowest BCUT2D eigenvalue weighted by molar-refractivity contribution is 0.123. The normalized spacial score (nSPS) is 14.3. The van der Waals surface area contributed by atoms with Gasteiger partial charge in [0.25, 0.3) is 6.43 Å². The molecule has 2 aromatic carbocycles. The minimum Gasteiger partial charge on any atom is -0.465 e. The maximum absolute atomic E-state index is 14.1. The van der Waals surface area contributed by atoms with Gasteiger partial charge in [0.15, 0.2) is 15.7 Å². The van der Waals surface area contributed by atoms with Gasteiger partial charge in [-0.25, -0.2) is 35.8 Å². The van der Waals surface area contributed by atoms with Crippen molar-refractivity contribution in [2.45, 2.75) is 62.1 Å². The lowest BCUT2D eigenvalue weighted by Crippen LogP contribution is -2.33. The van der Waals surface area contributed by atoms with Crippen molar-refractivity contribution in [3.63, 3.8) is 0 Å². The Labute approximate surface area is 266 Å². The minimum absolute atomic E-state index is 0.00807. The number of rotatable bonds is 9. The maximum atomic E-state index is 14.1. The molecule has 0 saturated heterocycles. The van der Waals surface area contributed by atoms with Crippen molar-refractivity contribution < 1.29 is 35.9 Å². The molecule has 0 radical (unpaired) electrons. The Morgan fingerprint density at radius 1 is 1.15 bits per heavy atom. The summed E-state index contributed by atoms with van der Waals surface area (Å²) in [5, 5.41) is 16.0. The molecule has 242 valence electrons. The summed E-state index contributed by atoms with van der Waals surface area (Å²) in [5.41, 5.74) is 6.81. The summed E-state index contributed by atoms with van der Waals surface area (Å²) < 4.78 is 80.9. The van der Waals surface area contributed by atoms with E-state index in [2.05, 4.69) is 27.2 Å². The fraction of sp³-hybridized carbons (Fsp3) is 0.323. The molecule has 1 aliphatic rings. The smallest absolute Gasteiger partial charge is 0.405 e. The average Bonchev–Trinajstić information content (AvgIpc) is 3.76. The van der Waals surface area contributed by atoms with E-state index in [4.69, 9.17) is 17.3 Å². The van der Waals surface area contributed by atoms with E-state index in [1.54, 1.807) is 0 Å². The molecule has 1 atom stereocenters. The minimum atomic E-state index is -3.58. The van der Waals surface area contributed by atoms with E-state index < -0.39 is 56.6 Å². The largest absolute Gasteiger partial charge is 0.465 e. The molecule has 1 fully saturated rings. The molecule has 2 heterocycles. The number of nitrogen functional groups attached to an aromatic ring is 1. The van der Waals surface area contributed by atoms with Crippen LogP contribution in [-0.4, -0.2) is 50.8 Å². The molecule has 1 aliphatic carbocycles. The van der Waals surface area contributed by atoms with Crippen LogP contribution in [0.3, 0.4) is 0 Å². The number of sulfone groups is 1. The van der Waals surface area contributed by atoms with Gasteiger partial charge in [-0.05, 0) is 74.9 Å². The molecule has 1 unspecified atom stereocenters. The van der Waals surface area contributed by atoms with E-state index in [9.17, 15) is 35.9 Å². The number of nitrogens with two attached hydrogens (primary N) is 1. The first-order valence-corrected chi connectivity index (χ1v) is 15.9. The number of halogens is 5. The number of fused-ring (bicyclic) bond motifs is 1. The highest BCUT2D eigenvalue weighted by molar-refractivity contribution is 7.93. The molecule has 0 spiro atoms. The van der Waals surface area contributed by atoms with Crippen molar-refractivity contribution in [2.24, 2.45) is 0 Å². The molecule has 0 bridgehead atoms.